The Kier molecular flexibility index (Phi) is 8.20. The van der Waals surface area contributed by atoms with E-state index in [-0.39, 0.29) is 27.9 Å². The molecule has 1 heterocycles. The molecule has 0 saturated heterocycles. The van der Waals surface area contributed by atoms with Crippen molar-refractivity contribution in [2.45, 2.75) is 37.6 Å². The average Bonchev–Trinajstić information content (AvgIpc) is 3.18. The third-order valence-electron chi connectivity index (χ3n) is 4.56. The second-order valence-electron chi connectivity index (χ2n) is 7.05. The van der Waals surface area contributed by atoms with Gasteiger partial charge in [-0.3, -0.25) is 4.79 Å². The molecule has 0 fully saturated rings. The number of rotatable bonds is 10. The van der Waals surface area contributed by atoms with Gasteiger partial charge in [-0.05, 0) is 49.9 Å². The van der Waals surface area contributed by atoms with E-state index in [0.717, 1.165) is 35.5 Å². The van der Waals surface area contributed by atoms with Gasteiger partial charge in [-0.15, -0.1) is 11.3 Å². The summed E-state index contributed by atoms with van der Waals surface area (Å²) in [5, 5.41) is 6.02. The van der Waals surface area contributed by atoms with Crippen molar-refractivity contribution < 1.29 is 13.2 Å². The van der Waals surface area contributed by atoms with Gasteiger partial charge in [0, 0.05) is 29.7 Å². The Labute approximate surface area is 191 Å². The molecule has 0 unspecified atom stereocenters. The van der Waals surface area contributed by atoms with Crippen molar-refractivity contribution >= 4 is 38.9 Å². The first kappa shape index (κ1) is 23.4. The predicted molar refractivity (Wildman–Crippen MR) is 124 cm³/mol. The summed E-state index contributed by atoms with van der Waals surface area (Å²) in [6, 6.07) is 13.4. The van der Waals surface area contributed by atoms with E-state index >= 15 is 0 Å². The minimum atomic E-state index is -3.87. The van der Waals surface area contributed by atoms with Gasteiger partial charge in [-0.25, -0.2) is 18.1 Å². The molecule has 0 radical (unpaired) electrons. The SMILES string of the molecule is Cc1csc(CCCCNC(=O)c2ccc(Cl)c(S(=O)(=O)NCc3ccccc3)c2)n1. The van der Waals surface area contributed by atoms with Crippen molar-refractivity contribution in [3.63, 3.8) is 0 Å². The second kappa shape index (κ2) is 10.9. The quantitative estimate of drug-likeness (QED) is 0.425. The fraction of sp³-hybridized carbons (Fsp3) is 0.273. The number of aromatic nitrogens is 1. The lowest BCUT2D eigenvalue weighted by Gasteiger charge is -2.11. The number of hydrogen-bond donors (Lipinski definition) is 2. The van der Waals surface area contributed by atoms with Gasteiger partial charge in [0.25, 0.3) is 5.91 Å². The van der Waals surface area contributed by atoms with E-state index in [1.165, 1.54) is 18.2 Å². The zero-order chi connectivity index (χ0) is 22.3. The normalized spacial score (nSPS) is 11.4. The van der Waals surface area contributed by atoms with E-state index in [9.17, 15) is 13.2 Å². The van der Waals surface area contributed by atoms with E-state index in [1.807, 2.05) is 42.6 Å². The number of unbranched alkanes of at least 4 members (excludes halogenated alkanes) is 1. The van der Waals surface area contributed by atoms with Crippen LogP contribution in [0.3, 0.4) is 0 Å². The van der Waals surface area contributed by atoms with Gasteiger partial charge >= 0.3 is 0 Å². The molecule has 1 amide bonds. The molecule has 1 aromatic heterocycles. The minimum absolute atomic E-state index is 0.0656. The summed E-state index contributed by atoms with van der Waals surface area (Å²) >= 11 is 7.76. The summed E-state index contributed by atoms with van der Waals surface area (Å²) in [5.74, 6) is -0.332. The molecular formula is C22H24ClN3O3S2. The molecule has 0 aliphatic rings. The highest BCUT2D eigenvalue weighted by molar-refractivity contribution is 7.89. The number of aryl methyl sites for hydroxylation is 2. The van der Waals surface area contributed by atoms with Crippen LogP contribution in [-0.4, -0.2) is 25.9 Å². The number of hydrogen-bond acceptors (Lipinski definition) is 5. The van der Waals surface area contributed by atoms with Crippen molar-refractivity contribution in [2.75, 3.05) is 6.54 Å². The maximum Gasteiger partial charge on any atom is 0.251 e. The molecule has 2 N–H and O–H groups in total. The molecule has 0 atom stereocenters. The summed E-state index contributed by atoms with van der Waals surface area (Å²) in [6.07, 6.45) is 2.60. The van der Waals surface area contributed by atoms with Gasteiger partial charge in [-0.1, -0.05) is 41.9 Å². The van der Waals surface area contributed by atoms with Gasteiger partial charge < -0.3 is 5.32 Å². The first-order chi connectivity index (χ1) is 14.8. The van der Waals surface area contributed by atoms with E-state index in [1.54, 1.807) is 11.3 Å². The maximum atomic E-state index is 12.7. The first-order valence-corrected chi connectivity index (χ1v) is 12.6. The van der Waals surface area contributed by atoms with Crippen LogP contribution in [-0.2, 0) is 23.0 Å². The number of benzene rings is 2. The van der Waals surface area contributed by atoms with Gasteiger partial charge in [-0.2, -0.15) is 0 Å². The number of sulfonamides is 1. The van der Waals surface area contributed by atoms with Crippen molar-refractivity contribution in [1.29, 1.82) is 0 Å². The number of carbonyl (C=O) groups is 1. The molecule has 0 spiro atoms. The first-order valence-electron chi connectivity index (χ1n) is 9.87. The number of thiazole rings is 1. The fourth-order valence-electron chi connectivity index (χ4n) is 2.93. The van der Waals surface area contributed by atoms with E-state index in [4.69, 9.17) is 11.6 Å². The summed E-state index contributed by atoms with van der Waals surface area (Å²) < 4.78 is 27.9. The maximum absolute atomic E-state index is 12.7. The van der Waals surface area contributed by atoms with E-state index in [0.29, 0.717) is 6.54 Å². The topological polar surface area (TPSA) is 88.2 Å². The number of nitrogens with one attached hydrogen (secondary N) is 2. The van der Waals surface area contributed by atoms with Crippen LogP contribution in [0.4, 0.5) is 0 Å². The van der Waals surface area contributed by atoms with Crippen LogP contribution in [0.1, 0.15) is 39.5 Å². The molecule has 0 bridgehead atoms. The smallest absolute Gasteiger partial charge is 0.251 e. The highest BCUT2D eigenvalue weighted by Crippen LogP contribution is 2.23. The molecule has 164 valence electrons. The van der Waals surface area contributed by atoms with Gasteiger partial charge in [0.2, 0.25) is 10.0 Å². The lowest BCUT2D eigenvalue weighted by atomic mass is 10.2. The fourth-order valence-corrected chi connectivity index (χ4v) is 5.28. The van der Waals surface area contributed by atoms with E-state index < -0.39 is 10.0 Å². The minimum Gasteiger partial charge on any atom is -0.352 e. The number of nitrogens with zero attached hydrogens (tertiary/aromatic N) is 1. The highest BCUT2D eigenvalue weighted by Gasteiger charge is 2.20. The summed E-state index contributed by atoms with van der Waals surface area (Å²) in [7, 11) is -3.87. The summed E-state index contributed by atoms with van der Waals surface area (Å²) in [6.45, 7) is 2.60. The van der Waals surface area contributed by atoms with Crippen molar-refractivity contribution in [1.82, 2.24) is 15.0 Å². The molecule has 2 aromatic carbocycles. The van der Waals surface area contributed by atoms with Gasteiger partial charge in [0.05, 0.1) is 10.0 Å². The Bertz CT molecular complexity index is 1130. The summed E-state index contributed by atoms with van der Waals surface area (Å²) in [5.41, 5.74) is 2.10. The van der Waals surface area contributed by atoms with Crippen molar-refractivity contribution in [2.24, 2.45) is 0 Å². The van der Waals surface area contributed by atoms with Crippen molar-refractivity contribution in [3.05, 3.63) is 80.8 Å². The van der Waals surface area contributed by atoms with E-state index in [2.05, 4.69) is 15.0 Å². The van der Waals surface area contributed by atoms with Gasteiger partial charge in [0.1, 0.15) is 4.90 Å². The van der Waals surface area contributed by atoms with Gasteiger partial charge in [0.15, 0.2) is 0 Å². The number of carbonyl (C=O) groups excluding carboxylic acids is 1. The van der Waals surface area contributed by atoms with Crippen LogP contribution in [0.2, 0.25) is 5.02 Å². The average molecular weight is 478 g/mol. The zero-order valence-electron chi connectivity index (χ0n) is 17.1. The molecule has 3 aromatic rings. The molecule has 0 aliphatic heterocycles. The Balaban J connectivity index is 1.55. The Morgan fingerprint density at radius 3 is 2.61 bits per heavy atom. The lowest BCUT2D eigenvalue weighted by molar-refractivity contribution is 0.0953. The van der Waals surface area contributed by atoms with Crippen LogP contribution in [0.5, 0.6) is 0 Å². The monoisotopic (exact) mass is 477 g/mol. The number of amides is 1. The van der Waals surface area contributed by atoms with Crippen LogP contribution < -0.4 is 10.0 Å². The molecule has 0 aliphatic carbocycles. The largest absolute Gasteiger partial charge is 0.352 e. The van der Waals surface area contributed by atoms with Crippen LogP contribution in [0.25, 0.3) is 0 Å². The van der Waals surface area contributed by atoms with Crippen LogP contribution in [0, 0.1) is 6.92 Å². The standard InChI is InChI=1S/C22H24ClN3O3S2/c1-16-15-30-21(26-16)9-5-6-12-24-22(27)18-10-11-19(23)20(13-18)31(28,29)25-14-17-7-3-2-4-8-17/h2-4,7-8,10-11,13,15,25H,5-6,9,12,14H2,1H3,(H,24,27). The highest BCUT2D eigenvalue weighted by atomic mass is 35.5. The predicted octanol–water partition coefficient (Wildman–Crippen LogP) is 4.34. The van der Waals surface area contributed by atoms with Crippen LogP contribution in [0.15, 0.2) is 58.8 Å². The molecule has 3 rings (SSSR count). The molecule has 9 heteroatoms. The van der Waals surface area contributed by atoms with Crippen molar-refractivity contribution in [3.8, 4) is 0 Å². The molecule has 6 nitrogen and oxygen atoms in total. The third-order valence-corrected chi connectivity index (χ3v) is 7.47. The Morgan fingerprint density at radius 2 is 1.90 bits per heavy atom. The third kappa shape index (κ3) is 6.87. The lowest BCUT2D eigenvalue weighted by Crippen LogP contribution is -2.26. The molecule has 0 saturated carbocycles. The summed E-state index contributed by atoms with van der Waals surface area (Å²) in [4.78, 5) is 16.8. The number of halogens is 1. The van der Waals surface area contributed by atoms with Crippen LogP contribution >= 0.6 is 22.9 Å². The Morgan fingerprint density at radius 1 is 1.13 bits per heavy atom. The second-order valence-corrected chi connectivity index (χ2v) is 10.1. The Hall–Kier alpha value is -2.26. The zero-order valence-corrected chi connectivity index (χ0v) is 19.5. The molecule has 31 heavy (non-hydrogen) atoms. The molecular weight excluding hydrogens is 454 g/mol.